The number of carbonyl (C=O) groups is 1. The van der Waals surface area contributed by atoms with Crippen molar-refractivity contribution in [1.29, 1.82) is 0 Å². The van der Waals surface area contributed by atoms with Gasteiger partial charge in [-0.2, -0.15) is 0 Å². The second-order valence-corrected chi connectivity index (χ2v) is 3.22. The van der Waals surface area contributed by atoms with Crippen molar-refractivity contribution in [2.75, 3.05) is 7.11 Å². The van der Waals surface area contributed by atoms with E-state index in [2.05, 4.69) is 0 Å². The van der Waals surface area contributed by atoms with Crippen molar-refractivity contribution in [2.45, 2.75) is 12.5 Å². The van der Waals surface area contributed by atoms with Crippen molar-refractivity contribution >= 4 is 16.8 Å². The van der Waals surface area contributed by atoms with Crippen LogP contribution in [0.2, 0.25) is 0 Å². The molecule has 2 nitrogen and oxygen atoms in total. The highest BCUT2D eigenvalue weighted by atomic mass is 35.5. The summed E-state index contributed by atoms with van der Waals surface area (Å²) in [6, 6.07) is 9.17. The summed E-state index contributed by atoms with van der Waals surface area (Å²) in [4.78, 5) is 11.1. The molecule has 70 valence electrons. The van der Waals surface area contributed by atoms with Crippen LogP contribution in [0.4, 0.5) is 0 Å². The Morgan fingerprint density at radius 1 is 1.38 bits per heavy atom. The highest BCUT2D eigenvalue weighted by Gasteiger charge is 2.33. The fourth-order valence-electron chi connectivity index (χ4n) is 1.07. The Balaban J connectivity index is 3.11. The van der Waals surface area contributed by atoms with Crippen LogP contribution in [0.5, 0.6) is 0 Å². The van der Waals surface area contributed by atoms with Gasteiger partial charge in [0.05, 0.1) is 0 Å². The monoisotopic (exact) mass is 198 g/mol. The van der Waals surface area contributed by atoms with Gasteiger partial charge in [0.25, 0.3) is 5.24 Å². The first-order valence-electron chi connectivity index (χ1n) is 3.92. The molecule has 0 aliphatic carbocycles. The molecular weight excluding hydrogens is 188 g/mol. The van der Waals surface area contributed by atoms with Crippen LogP contribution in [0.15, 0.2) is 30.3 Å². The second-order valence-electron chi connectivity index (χ2n) is 2.88. The van der Waals surface area contributed by atoms with Crippen LogP contribution in [0, 0.1) is 0 Å². The molecule has 0 aromatic heterocycles. The Bertz CT molecular complexity index is 297. The molecule has 1 rings (SSSR count). The Hall–Kier alpha value is -0.860. The van der Waals surface area contributed by atoms with E-state index in [-0.39, 0.29) is 0 Å². The van der Waals surface area contributed by atoms with Crippen LogP contribution in [-0.4, -0.2) is 12.4 Å². The van der Waals surface area contributed by atoms with E-state index < -0.39 is 10.8 Å². The van der Waals surface area contributed by atoms with Crippen molar-refractivity contribution < 1.29 is 9.53 Å². The largest absolute Gasteiger partial charge is 0.365 e. The van der Waals surface area contributed by atoms with Gasteiger partial charge in [-0.25, -0.2) is 0 Å². The van der Waals surface area contributed by atoms with Gasteiger partial charge in [-0.3, -0.25) is 4.79 Å². The van der Waals surface area contributed by atoms with Crippen LogP contribution >= 0.6 is 11.6 Å². The highest BCUT2D eigenvalue weighted by Crippen LogP contribution is 2.26. The van der Waals surface area contributed by atoms with E-state index >= 15 is 0 Å². The number of hydrogen-bond acceptors (Lipinski definition) is 2. The first-order chi connectivity index (χ1) is 6.11. The molecule has 0 N–H and O–H groups in total. The summed E-state index contributed by atoms with van der Waals surface area (Å²) < 4.78 is 5.10. The summed E-state index contributed by atoms with van der Waals surface area (Å²) in [5, 5.41) is -0.513. The summed E-state index contributed by atoms with van der Waals surface area (Å²) in [7, 11) is 1.47. The lowest BCUT2D eigenvalue weighted by atomic mass is 9.97. The van der Waals surface area contributed by atoms with Gasteiger partial charge in [-0.05, 0) is 24.1 Å². The average Bonchev–Trinajstić information content (AvgIpc) is 2.17. The number of halogens is 1. The topological polar surface area (TPSA) is 26.3 Å². The predicted molar refractivity (Wildman–Crippen MR) is 51.7 cm³/mol. The van der Waals surface area contributed by atoms with Gasteiger partial charge in [0.1, 0.15) is 0 Å². The van der Waals surface area contributed by atoms with Gasteiger partial charge in [-0.1, -0.05) is 30.3 Å². The zero-order valence-corrected chi connectivity index (χ0v) is 8.34. The Morgan fingerprint density at radius 2 is 1.92 bits per heavy atom. The minimum atomic E-state index is -1.04. The van der Waals surface area contributed by atoms with Gasteiger partial charge < -0.3 is 4.74 Å². The normalized spacial score (nSPS) is 15.0. The first-order valence-corrected chi connectivity index (χ1v) is 4.29. The SMILES string of the molecule is CO[C@@](C)(C(=O)Cl)c1ccccc1. The van der Waals surface area contributed by atoms with E-state index in [1.54, 1.807) is 6.92 Å². The maximum absolute atomic E-state index is 11.1. The van der Waals surface area contributed by atoms with Crippen molar-refractivity contribution in [2.24, 2.45) is 0 Å². The lowest BCUT2D eigenvalue weighted by Crippen LogP contribution is -2.31. The second kappa shape index (κ2) is 3.90. The molecule has 0 heterocycles. The van der Waals surface area contributed by atoms with E-state index in [0.717, 1.165) is 5.56 Å². The molecule has 3 heteroatoms. The number of rotatable bonds is 3. The lowest BCUT2D eigenvalue weighted by molar-refractivity contribution is -0.131. The molecule has 0 saturated heterocycles. The third kappa shape index (κ3) is 1.90. The molecule has 0 amide bonds. The molecular formula is C10H11ClO2. The summed E-state index contributed by atoms with van der Waals surface area (Å²) in [5.74, 6) is 0. The summed E-state index contributed by atoms with van der Waals surface area (Å²) in [6.45, 7) is 1.65. The van der Waals surface area contributed by atoms with Crippen molar-refractivity contribution in [3.8, 4) is 0 Å². The molecule has 0 fully saturated rings. The Kier molecular flexibility index (Phi) is 3.07. The highest BCUT2D eigenvalue weighted by molar-refractivity contribution is 6.65. The van der Waals surface area contributed by atoms with Crippen LogP contribution in [0.1, 0.15) is 12.5 Å². The molecule has 0 bridgehead atoms. The number of hydrogen-bond donors (Lipinski definition) is 0. The smallest absolute Gasteiger partial charge is 0.257 e. The third-order valence-electron chi connectivity index (χ3n) is 2.11. The fraction of sp³-hybridized carbons (Fsp3) is 0.300. The molecule has 0 aliphatic rings. The zero-order valence-electron chi connectivity index (χ0n) is 7.58. The summed E-state index contributed by atoms with van der Waals surface area (Å²) in [5.41, 5.74) is -0.277. The molecule has 1 atom stereocenters. The van der Waals surface area contributed by atoms with Crippen molar-refractivity contribution in [1.82, 2.24) is 0 Å². The van der Waals surface area contributed by atoms with Crippen LogP contribution < -0.4 is 0 Å². The van der Waals surface area contributed by atoms with Gasteiger partial charge >= 0.3 is 0 Å². The third-order valence-corrected chi connectivity index (χ3v) is 2.47. The van der Waals surface area contributed by atoms with E-state index in [4.69, 9.17) is 16.3 Å². The summed E-state index contributed by atoms with van der Waals surface area (Å²) >= 11 is 5.46. The molecule has 0 radical (unpaired) electrons. The van der Waals surface area contributed by atoms with E-state index in [9.17, 15) is 4.79 Å². The molecule has 1 aromatic carbocycles. The fourth-order valence-corrected chi connectivity index (χ4v) is 1.25. The minimum absolute atomic E-state index is 0.513. The molecule has 1 aromatic rings. The lowest BCUT2D eigenvalue weighted by Gasteiger charge is -2.23. The number of methoxy groups -OCH3 is 1. The average molecular weight is 199 g/mol. The number of ether oxygens (including phenoxy) is 1. The Morgan fingerprint density at radius 3 is 2.31 bits per heavy atom. The summed E-state index contributed by atoms with van der Waals surface area (Å²) in [6.07, 6.45) is 0. The van der Waals surface area contributed by atoms with Gasteiger partial charge in [0.15, 0.2) is 5.60 Å². The van der Waals surface area contributed by atoms with E-state index in [0.29, 0.717) is 0 Å². The number of benzene rings is 1. The van der Waals surface area contributed by atoms with Crippen molar-refractivity contribution in [3.05, 3.63) is 35.9 Å². The van der Waals surface area contributed by atoms with Crippen LogP contribution in [-0.2, 0) is 15.1 Å². The van der Waals surface area contributed by atoms with Gasteiger partial charge in [-0.15, -0.1) is 0 Å². The molecule has 0 aliphatic heterocycles. The maximum atomic E-state index is 11.1. The van der Waals surface area contributed by atoms with Crippen LogP contribution in [0.3, 0.4) is 0 Å². The van der Waals surface area contributed by atoms with E-state index in [1.165, 1.54) is 7.11 Å². The van der Waals surface area contributed by atoms with Gasteiger partial charge in [0, 0.05) is 7.11 Å². The zero-order chi connectivity index (χ0) is 9.90. The van der Waals surface area contributed by atoms with Crippen LogP contribution in [0.25, 0.3) is 0 Å². The number of carbonyl (C=O) groups excluding carboxylic acids is 1. The van der Waals surface area contributed by atoms with Gasteiger partial charge in [0.2, 0.25) is 0 Å². The minimum Gasteiger partial charge on any atom is -0.365 e. The molecule has 13 heavy (non-hydrogen) atoms. The first kappa shape index (κ1) is 10.2. The maximum Gasteiger partial charge on any atom is 0.257 e. The Labute approximate surface area is 82.5 Å². The molecule has 0 spiro atoms. The molecule has 0 saturated carbocycles. The van der Waals surface area contributed by atoms with E-state index in [1.807, 2.05) is 30.3 Å². The molecule has 0 unspecified atom stereocenters. The van der Waals surface area contributed by atoms with Crippen molar-refractivity contribution in [3.63, 3.8) is 0 Å². The standard InChI is InChI=1S/C10H11ClO2/c1-10(13-2,9(11)12)8-6-4-3-5-7-8/h3-7H,1-2H3/t10-/m1/s1. The quantitative estimate of drug-likeness (QED) is 0.697. The predicted octanol–water partition coefficient (Wildman–Crippen LogP) is 2.31.